The minimum Gasteiger partial charge on any atom is -0.497 e. The fourth-order valence-electron chi connectivity index (χ4n) is 1.65. The Balaban J connectivity index is 2.28. The van der Waals surface area contributed by atoms with Crippen LogP contribution >= 0.6 is 0 Å². The minimum atomic E-state index is 0.0332. The van der Waals surface area contributed by atoms with E-state index >= 15 is 0 Å². The largest absolute Gasteiger partial charge is 0.497 e. The molecule has 0 aliphatic carbocycles. The van der Waals surface area contributed by atoms with Gasteiger partial charge in [0.2, 0.25) is 0 Å². The van der Waals surface area contributed by atoms with Crippen molar-refractivity contribution in [2.45, 2.75) is 26.2 Å². The third kappa shape index (κ3) is 2.67. The van der Waals surface area contributed by atoms with Gasteiger partial charge < -0.3 is 4.74 Å². The maximum atomic E-state index is 5.13. The number of methoxy groups -OCH3 is 1. The van der Waals surface area contributed by atoms with Gasteiger partial charge in [0.15, 0.2) is 0 Å². The topological polar surface area (TPSA) is 35.0 Å². The molecule has 0 bridgehead atoms. The maximum absolute atomic E-state index is 5.13. The van der Waals surface area contributed by atoms with Crippen molar-refractivity contribution in [2.75, 3.05) is 7.11 Å². The average molecular weight is 242 g/mol. The molecule has 0 aliphatic rings. The van der Waals surface area contributed by atoms with Crippen molar-refractivity contribution < 1.29 is 4.74 Å². The van der Waals surface area contributed by atoms with Crippen LogP contribution in [0, 0.1) is 0 Å². The van der Waals surface area contributed by atoms with E-state index in [1.807, 2.05) is 36.4 Å². The summed E-state index contributed by atoms with van der Waals surface area (Å²) in [5.41, 5.74) is 2.96. The summed E-state index contributed by atoms with van der Waals surface area (Å²) in [5, 5.41) is 8.57. The van der Waals surface area contributed by atoms with Crippen LogP contribution in [0.15, 0.2) is 36.4 Å². The summed E-state index contributed by atoms with van der Waals surface area (Å²) in [6.45, 7) is 6.39. The zero-order valence-corrected chi connectivity index (χ0v) is 11.3. The van der Waals surface area contributed by atoms with E-state index in [0.717, 1.165) is 22.7 Å². The summed E-state index contributed by atoms with van der Waals surface area (Å²) < 4.78 is 5.13. The van der Waals surface area contributed by atoms with E-state index in [2.05, 4.69) is 31.0 Å². The lowest BCUT2D eigenvalue weighted by atomic mass is 9.92. The van der Waals surface area contributed by atoms with E-state index in [4.69, 9.17) is 4.74 Å². The van der Waals surface area contributed by atoms with Crippen LogP contribution in [0.2, 0.25) is 0 Å². The lowest BCUT2D eigenvalue weighted by Crippen LogP contribution is -2.14. The SMILES string of the molecule is COc1ccc(-c2ccc(C(C)(C)C)nn2)cc1. The number of benzene rings is 1. The zero-order valence-electron chi connectivity index (χ0n) is 11.3. The van der Waals surface area contributed by atoms with Crippen LogP contribution in [0.5, 0.6) is 5.75 Å². The highest BCUT2D eigenvalue weighted by Gasteiger charge is 2.15. The van der Waals surface area contributed by atoms with Crippen molar-refractivity contribution in [1.29, 1.82) is 0 Å². The third-order valence-corrected chi connectivity index (χ3v) is 2.82. The number of nitrogens with zero attached hydrogens (tertiary/aromatic N) is 2. The van der Waals surface area contributed by atoms with Gasteiger partial charge in [-0.3, -0.25) is 0 Å². The van der Waals surface area contributed by atoms with Gasteiger partial charge in [0, 0.05) is 11.0 Å². The molecule has 18 heavy (non-hydrogen) atoms. The van der Waals surface area contributed by atoms with Gasteiger partial charge in [0.1, 0.15) is 5.75 Å². The second-order valence-corrected chi connectivity index (χ2v) is 5.28. The van der Waals surface area contributed by atoms with Gasteiger partial charge >= 0.3 is 0 Å². The third-order valence-electron chi connectivity index (χ3n) is 2.82. The molecule has 0 N–H and O–H groups in total. The van der Waals surface area contributed by atoms with Crippen LogP contribution in [0.4, 0.5) is 0 Å². The Morgan fingerprint density at radius 2 is 1.56 bits per heavy atom. The van der Waals surface area contributed by atoms with E-state index < -0.39 is 0 Å². The first-order chi connectivity index (χ1) is 8.50. The van der Waals surface area contributed by atoms with Gasteiger partial charge in [-0.1, -0.05) is 20.8 Å². The molecule has 2 aromatic rings. The lowest BCUT2D eigenvalue weighted by molar-refractivity contribution is 0.415. The molecular formula is C15H18N2O. The Morgan fingerprint density at radius 3 is 2.00 bits per heavy atom. The number of hydrogen-bond donors (Lipinski definition) is 0. The van der Waals surface area contributed by atoms with Crippen LogP contribution < -0.4 is 4.74 Å². The molecule has 0 atom stereocenters. The summed E-state index contributed by atoms with van der Waals surface area (Å²) in [6, 6.07) is 11.9. The van der Waals surface area contributed by atoms with E-state index in [1.165, 1.54) is 0 Å². The molecule has 0 amide bonds. The summed E-state index contributed by atoms with van der Waals surface area (Å²) in [7, 11) is 1.66. The first kappa shape index (κ1) is 12.6. The second-order valence-electron chi connectivity index (χ2n) is 5.28. The fourth-order valence-corrected chi connectivity index (χ4v) is 1.65. The molecule has 2 rings (SSSR count). The molecular weight excluding hydrogens is 224 g/mol. The maximum Gasteiger partial charge on any atom is 0.118 e. The lowest BCUT2D eigenvalue weighted by Gasteiger charge is -2.16. The first-order valence-corrected chi connectivity index (χ1v) is 5.99. The highest BCUT2D eigenvalue weighted by atomic mass is 16.5. The molecule has 3 nitrogen and oxygen atoms in total. The van der Waals surface area contributed by atoms with Gasteiger partial charge in [-0.05, 0) is 36.4 Å². The van der Waals surface area contributed by atoms with Gasteiger partial charge in [0.25, 0.3) is 0 Å². The van der Waals surface area contributed by atoms with Crippen LogP contribution in [0.1, 0.15) is 26.5 Å². The Labute approximate surface area is 108 Å². The molecule has 0 saturated carbocycles. The Morgan fingerprint density at radius 1 is 0.889 bits per heavy atom. The van der Waals surface area contributed by atoms with Crippen molar-refractivity contribution >= 4 is 0 Å². The predicted octanol–water partition coefficient (Wildman–Crippen LogP) is 3.45. The number of aromatic nitrogens is 2. The smallest absolute Gasteiger partial charge is 0.118 e. The van der Waals surface area contributed by atoms with E-state index in [9.17, 15) is 0 Å². The molecule has 0 saturated heterocycles. The van der Waals surface area contributed by atoms with Gasteiger partial charge in [-0.25, -0.2) is 0 Å². The van der Waals surface area contributed by atoms with Crippen molar-refractivity contribution in [3.05, 3.63) is 42.1 Å². The van der Waals surface area contributed by atoms with Gasteiger partial charge in [0.05, 0.1) is 18.5 Å². The molecule has 0 spiro atoms. The van der Waals surface area contributed by atoms with Crippen molar-refractivity contribution in [3.63, 3.8) is 0 Å². The highest BCUT2D eigenvalue weighted by Crippen LogP contribution is 2.23. The van der Waals surface area contributed by atoms with Crippen LogP contribution in [0.25, 0.3) is 11.3 Å². The molecule has 0 fully saturated rings. The Hall–Kier alpha value is -1.90. The average Bonchev–Trinajstić information content (AvgIpc) is 2.38. The summed E-state index contributed by atoms with van der Waals surface area (Å²) in [4.78, 5) is 0. The van der Waals surface area contributed by atoms with E-state index in [1.54, 1.807) is 7.11 Å². The highest BCUT2D eigenvalue weighted by molar-refractivity contribution is 5.59. The van der Waals surface area contributed by atoms with Crippen LogP contribution in [-0.4, -0.2) is 17.3 Å². The standard InChI is InChI=1S/C15H18N2O/c1-15(2,3)14-10-9-13(16-17-14)11-5-7-12(18-4)8-6-11/h5-10H,1-4H3. The van der Waals surface area contributed by atoms with Crippen LogP contribution in [-0.2, 0) is 5.41 Å². The molecule has 94 valence electrons. The number of hydrogen-bond acceptors (Lipinski definition) is 3. The van der Waals surface area contributed by atoms with E-state index in [0.29, 0.717) is 0 Å². The first-order valence-electron chi connectivity index (χ1n) is 5.99. The molecule has 1 aromatic heterocycles. The van der Waals surface area contributed by atoms with Crippen molar-refractivity contribution in [2.24, 2.45) is 0 Å². The summed E-state index contributed by atoms with van der Waals surface area (Å²) in [6.07, 6.45) is 0. The summed E-state index contributed by atoms with van der Waals surface area (Å²) >= 11 is 0. The Bertz CT molecular complexity index is 510. The quantitative estimate of drug-likeness (QED) is 0.809. The molecule has 0 unspecified atom stereocenters. The van der Waals surface area contributed by atoms with Gasteiger partial charge in [-0.2, -0.15) is 10.2 Å². The predicted molar refractivity (Wildman–Crippen MR) is 72.7 cm³/mol. The molecule has 0 aliphatic heterocycles. The number of rotatable bonds is 2. The van der Waals surface area contributed by atoms with Crippen molar-refractivity contribution in [1.82, 2.24) is 10.2 Å². The minimum absolute atomic E-state index is 0.0332. The van der Waals surface area contributed by atoms with E-state index in [-0.39, 0.29) is 5.41 Å². The van der Waals surface area contributed by atoms with Gasteiger partial charge in [-0.15, -0.1) is 0 Å². The second kappa shape index (κ2) is 4.77. The molecule has 1 aromatic carbocycles. The van der Waals surface area contributed by atoms with Crippen molar-refractivity contribution in [3.8, 4) is 17.0 Å². The number of ether oxygens (including phenoxy) is 1. The monoisotopic (exact) mass is 242 g/mol. The molecule has 1 heterocycles. The fraction of sp³-hybridized carbons (Fsp3) is 0.333. The molecule has 0 radical (unpaired) electrons. The molecule has 3 heteroatoms. The summed E-state index contributed by atoms with van der Waals surface area (Å²) in [5.74, 6) is 0.845. The zero-order chi connectivity index (χ0) is 13.2. The Kier molecular flexibility index (Phi) is 3.32. The normalized spacial score (nSPS) is 11.3. The van der Waals surface area contributed by atoms with Crippen LogP contribution in [0.3, 0.4) is 0 Å².